The fourth-order valence-corrected chi connectivity index (χ4v) is 4.59. The molecule has 0 bridgehead atoms. The van der Waals surface area contributed by atoms with Crippen LogP contribution in [0.4, 0.5) is 4.39 Å². The van der Waals surface area contributed by atoms with E-state index in [0.717, 1.165) is 35.1 Å². The third-order valence-corrected chi connectivity index (χ3v) is 6.75. The van der Waals surface area contributed by atoms with Crippen LogP contribution in [0.1, 0.15) is 31.0 Å². The minimum absolute atomic E-state index is 0.0607. The number of pyridine rings is 1. The molecule has 1 aromatic carbocycles. The van der Waals surface area contributed by atoms with Gasteiger partial charge in [-0.1, -0.05) is 24.4 Å². The lowest BCUT2D eigenvalue weighted by Crippen LogP contribution is -2.35. The van der Waals surface area contributed by atoms with Crippen molar-refractivity contribution in [3.63, 3.8) is 0 Å². The molecule has 182 valence electrons. The lowest BCUT2D eigenvalue weighted by molar-refractivity contribution is -0.615. The average Bonchev–Trinajstić information content (AvgIpc) is 3.26. The van der Waals surface area contributed by atoms with Crippen LogP contribution < -0.4 is 4.73 Å². The third-order valence-electron chi connectivity index (χ3n) is 6.46. The number of hydrogen-bond donors (Lipinski definition) is 0. The molecule has 1 fully saturated rings. The van der Waals surface area contributed by atoms with E-state index in [2.05, 4.69) is 25.7 Å². The summed E-state index contributed by atoms with van der Waals surface area (Å²) in [5, 5.41) is 33.2. The van der Waals surface area contributed by atoms with Crippen LogP contribution in [0.25, 0.3) is 27.9 Å². The second-order valence-corrected chi connectivity index (χ2v) is 9.39. The van der Waals surface area contributed by atoms with Gasteiger partial charge >= 0.3 is 0 Å². The van der Waals surface area contributed by atoms with E-state index in [1.807, 2.05) is 24.1 Å². The monoisotopic (exact) mass is 505 g/mol. The van der Waals surface area contributed by atoms with Gasteiger partial charge in [-0.05, 0) is 41.0 Å². The van der Waals surface area contributed by atoms with Crippen molar-refractivity contribution in [3.05, 3.63) is 83.3 Å². The standard InChI is InChI=1S/C24H21ClFN9O/c1-32-11-17(9-28-32)18-10-29-33(12-18)22(8-15-2-3-15)20-6-4-16(13-35(20)36)23-21(34-14-27-30-31-34)7-5-19(25)24(23)26/h4-7,9-15,22H,2-3,8H2,1H3. The van der Waals surface area contributed by atoms with Gasteiger partial charge in [-0.3, -0.25) is 9.36 Å². The molecule has 4 heterocycles. The van der Waals surface area contributed by atoms with Gasteiger partial charge in [-0.25, -0.2) is 4.39 Å². The first kappa shape index (κ1) is 22.4. The largest absolute Gasteiger partial charge is 0.618 e. The normalized spacial score (nSPS) is 14.3. The second kappa shape index (κ2) is 8.83. The summed E-state index contributed by atoms with van der Waals surface area (Å²) in [6.07, 6.45) is 13.2. The molecular formula is C24H21ClFN9O. The highest BCUT2D eigenvalue weighted by molar-refractivity contribution is 6.31. The van der Waals surface area contributed by atoms with Gasteiger partial charge in [0, 0.05) is 36.6 Å². The quantitative estimate of drug-likeness (QED) is 0.246. The second-order valence-electron chi connectivity index (χ2n) is 8.98. The van der Waals surface area contributed by atoms with Crippen LogP contribution in [0.15, 0.2) is 61.6 Å². The van der Waals surface area contributed by atoms with Gasteiger partial charge in [0.05, 0.1) is 34.2 Å². The summed E-state index contributed by atoms with van der Waals surface area (Å²) in [5.74, 6) is -0.113. The van der Waals surface area contributed by atoms with Crippen LogP contribution in [-0.2, 0) is 7.05 Å². The maximum atomic E-state index is 15.2. The van der Waals surface area contributed by atoms with Crippen LogP contribution in [0.2, 0.25) is 5.02 Å². The molecule has 6 rings (SSSR count). The molecule has 0 spiro atoms. The van der Waals surface area contributed by atoms with E-state index in [1.54, 1.807) is 35.3 Å². The molecule has 10 nitrogen and oxygen atoms in total. The van der Waals surface area contributed by atoms with Crippen molar-refractivity contribution >= 4 is 11.6 Å². The summed E-state index contributed by atoms with van der Waals surface area (Å²) < 4.78 is 20.9. The molecule has 1 saturated carbocycles. The summed E-state index contributed by atoms with van der Waals surface area (Å²) >= 11 is 6.08. The fourth-order valence-electron chi connectivity index (χ4n) is 4.44. The molecule has 0 radical (unpaired) electrons. The van der Waals surface area contributed by atoms with E-state index in [9.17, 15) is 5.21 Å². The molecular weight excluding hydrogens is 485 g/mol. The fraction of sp³-hybridized carbons (Fsp3) is 0.250. The van der Waals surface area contributed by atoms with Crippen LogP contribution in [-0.4, -0.2) is 39.8 Å². The zero-order valence-corrected chi connectivity index (χ0v) is 20.0. The maximum Gasteiger partial charge on any atom is 0.217 e. The molecule has 0 aliphatic heterocycles. The summed E-state index contributed by atoms with van der Waals surface area (Å²) in [4.78, 5) is 0. The van der Waals surface area contributed by atoms with E-state index < -0.39 is 5.82 Å². The first-order chi connectivity index (χ1) is 17.5. The molecule has 1 aliphatic rings. The van der Waals surface area contributed by atoms with Crippen molar-refractivity contribution in [2.45, 2.75) is 25.3 Å². The van der Waals surface area contributed by atoms with Crippen molar-refractivity contribution < 1.29 is 9.12 Å². The highest BCUT2D eigenvalue weighted by atomic mass is 35.5. The van der Waals surface area contributed by atoms with E-state index >= 15 is 4.39 Å². The van der Waals surface area contributed by atoms with Crippen LogP contribution >= 0.6 is 11.6 Å². The first-order valence-corrected chi connectivity index (χ1v) is 11.8. The summed E-state index contributed by atoms with van der Waals surface area (Å²) in [5.41, 5.74) is 3.27. The number of hydrogen-bond acceptors (Lipinski definition) is 6. The van der Waals surface area contributed by atoms with Crippen molar-refractivity contribution in [1.29, 1.82) is 0 Å². The predicted molar refractivity (Wildman–Crippen MR) is 128 cm³/mol. The summed E-state index contributed by atoms with van der Waals surface area (Å²) in [6.45, 7) is 0. The molecule has 4 aromatic heterocycles. The minimum Gasteiger partial charge on any atom is -0.618 e. The summed E-state index contributed by atoms with van der Waals surface area (Å²) in [6, 6.07) is 6.22. The molecule has 1 aliphatic carbocycles. The van der Waals surface area contributed by atoms with E-state index in [1.165, 1.54) is 23.3 Å². The number of nitrogens with zero attached hydrogens (tertiary/aromatic N) is 9. The lowest BCUT2D eigenvalue weighted by Gasteiger charge is -2.18. The van der Waals surface area contributed by atoms with Crippen molar-refractivity contribution in [3.8, 4) is 27.9 Å². The Kier molecular flexibility index (Phi) is 5.48. The number of aromatic nitrogens is 9. The molecule has 1 unspecified atom stereocenters. The molecule has 0 N–H and O–H groups in total. The minimum atomic E-state index is -0.653. The molecule has 1 atom stereocenters. The van der Waals surface area contributed by atoms with Crippen LogP contribution in [0, 0.1) is 16.9 Å². The van der Waals surface area contributed by atoms with Crippen molar-refractivity contribution in [2.75, 3.05) is 0 Å². The van der Waals surface area contributed by atoms with Crippen LogP contribution in [0.5, 0.6) is 0 Å². The Labute approximate surface area is 210 Å². The van der Waals surface area contributed by atoms with Gasteiger partial charge in [0.25, 0.3) is 0 Å². The average molecular weight is 506 g/mol. The zero-order chi connectivity index (χ0) is 24.8. The van der Waals surface area contributed by atoms with Gasteiger partial charge in [0.15, 0.2) is 12.0 Å². The van der Waals surface area contributed by atoms with Gasteiger partial charge in [0.2, 0.25) is 5.69 Å². The Bertz CT molecular complexity index is 1540. The lowest BCUT2D eigenvalue weighted by atomic mass is 10.0. The number of rotatable bonds is 7. The highest BCUT2D eigenvalue weighted by Crippen LogP contribution is 2.39. The van der Waals surface area contributed by atoms with E-state index in [4.69, 9.17) is 11.6 Å². The Morgan fingerprint density at radius 3 is 2.61 bits per heavy atom. The van der Waals surface area contributed by atoms with Gasteiger partial charge < -0.3 is 5.21 Å². The highest BCUT2D eigenvalue weighted by Gasteiger charge is 2.32. The van der Waals surface area contributed by atoms with Crippen molar-refractivity contribution in [2.24, 2.45) is 13.0 Å². The number of benzene rings is 1. The topological polar surface area (TPSA) is 106 Å². The Morgan fingerprint density at radius 2 is 1.92 bits per heavy atom. The number of tetrazole rings is 1. The molecule has 5 aromatic rings. The molecule has 36 heavy (non-hydrogen) atoms. The SMILES string of the molecule is Cn1cc(-c2cnn(C(CC3CC3)c3ccc(-c4c(-n5cnnn5)ccc(Cl)c4F)c[n+]3[O-])c2)cn1. The van der Waals surface area contributed by atoms with Crippen molar-refractivity contribution in [1.82, 2.24) is 39.8 Å². The van der Waals surface area contributed by atoms with Gasteiger partial charge in [-0.2, -0.15) is 19.6 Å². The smallest absolute Gasteiger partial charge is 0.217 e. The van der Waals surface area contributed by atoms with E-state index in [-0.39, 0.29) is 16.6 Å². The Balaban J connectivity index is 1.40. The number of halogens is 2. The van der Waals surface area contributed by atoms with Crippen LogP contribution in [0.3, 0.4) is 0 Å². The Morgan fingerprint density at radius 1 is 1.11 bits per heavy atom. The van der Waals surface area contributed by atoms with Gasteiger partial charge in [0.1, 0.15) is 12.4 Å². The molecule has 12 heteroatoms. The maximum absolute atomic E-state index is 15.2. The molecule has 0 amide bonds. The first-order valence-electron chi connectivity index (χ1n) is 11.5. The number of aryl methyl sites for hydroxylation is 1. The molecule has 0 saturated heterocycles. The summed E-state index contributed by atoms with van der Waals surface area (Å²) in [7, 11) is 1.86. The van der Waals surface area contributed by atoms with E-state index in [0.29, 0.717) is 22.9 Å². The van der Waals surface area contributed by atoms with Gasteiger partial charge in [-0.15, -0.1) is 5.10 Å². The zero-order valence-electron chi connectivity index (χ0n) is 19.2. The predicted octanol–water partition coefficient (Wildman–Crippen LogP) is 3.74. The third kappa shape index (κ3) is 4.11. The Hall–Kier alpha value is -4.12.